The Morgan fingerprint density at radius 2 is 1.83 bits per heavy atom. The first kappa shape index (κ1) is 21.5. The van der Waals surface area contributed by atoms with Crippen LogP contribution in [0.25, 0.3) is 10.3 Å². The number of hydrogen-bond acceptors (Lipinski definition) is 7. The van der Waals surface area contributed by atoms with Crippen LogP contribution in [0, 0.1) is 0 Å². The fourth-order valence-corrected chi connectivity index (χ4v) is 3.80. The van der Waals surface area contributed by atoms with Gasteiger partial charge in [0.05, 0.1) is 13.7 Å². The van der Waals surface area contributed by atoms with Gasteiger partial charge in [0.1, 0.15) is 26.7 Å². The number of rotatable bonds is 7. The highest BCUT2D eigenvalue weighted by atomic mass is 32.1. The number of anilines is 1. The Balaban J connectivity index is 2.10. The molecule has 0 spiro atoms. The van der Waals surface area contributed by atoms with Crippen molar-refractivity contribution in [2.45, 2.75) is 20.8 Å². The molecule has 1 N–H and O–H groups in total. The summed E-state index contributed by atoms with van der Waals surface area (Å²) < 4.78 is 10.5. The second-order valence-corrected chi connectivity index (χ2v) is 7.17. The van der Waals surface area contributed by atoms with Gasteiger partial charge >= 0.3 is 5.97 Å². The topological polar surface area (TPSA) is 88.9 Å². The van der Waals surface area contributed by atoms with Gasteiger partial charge < -0.3 is 19.7 Å². The summed E-state index contributed by atoms with van der Waals surface area (Å²) in [7, 11) is 1.63. The quantitative estimate of drug-likeness (QED) is 0.341. The van der Waals surface area contributed by atoms with Gasteiger partial charge in [-0.1, -0.05) is 0 Å². The van der Waals surface area contributed by atoms with Crippen LogP contribution in [0.1, 0.15) is 30.4 Å². The molecule has 3 rings (SSSR count). The van der Waals surface area contributed by atoms with Crippen molar-refractivity contribution in [2.75, 3.05) is 32.1 Å². The van der Waals surface area contributed by atoms with E-state index in [-0.39, 0.29) is 6.61 Å². The van der Waals surface area contributed by atoms with E-state index in [1.165, 1.54) is 11.3 Å². The number of carbonyl (C=O) groups excluding carboxylic acids is 1. The second-order valence-electron chi connectivity index (χ2n) is 6.17. The van der Waals surface area contributed by atoms with Gasteiger partial charge in [0.2, 0.25) is 5.96 Å². The van der Waals surface area contributed by atoms with Crippen molar-refractivity contribution in [3.63, 3.8) is 0 Å². The number of nitrogens with one attached hydrogen (secondary N) is 1. The molecule has 3 aromatic rings. The summed E-state index contributed by atoms with van der Waals surface area (Å²) >= 11 is 1.23. The van der Waals surface area contributed by atoms with Crippen LogP contribution in [0.4, 0.5) is 11.4 Å². The monoisotopic (exact) mass is 427 g/mol. The maximum absolute atomic E-state index is 12.6. The minimum atomic E-state index is -0.426. The first-order valence-electron chi connectivity index (χ1n) is 9.76. The van der Waals surface area contributed by atoms with Gasteiger partial charge in [-0.15, -0.1) is 11.3 Å². The number of benzene rings is 1. The number of nitrogens with zero attached hydrogens (tertiary/aromatic N) is 4. The van der Waals surface area contributed by atoms with Crippen LogP contribution < -0.4 is 10.1 Å². The van der Waals surface area contributed by atoms with E-state index in [1.807, 2.05) is 38.1 Å². The highest BCUT2D eigenvalue weighted by Crippen LogP contribution is 2.36. The van der Waals surface area contributed by atoms with Crippen molar-refractivity contribution < 1.29 is 14.3 Å². The van der Waals surface area contributed by atoms with Crippen molar-refractivity contribution in [1.29, 1.82) is 0 Å². The molecular formula is C21H25N5O3S. The highest BCUT2D eigenvalue weighted by Gasteiger charge is 2.22. The van der Waals surface area contributed by atoms with E-state index >= 15 is 0 Å². The molecule has 0 aliphatic rings. The fourth-order valence-electron chi connectivity index (χ4n) is 2.86. The standard InChI is InChI=1S/C21H25N5O3S/c1-5-26(6-2)21(24-14-8-10-15(28-4)11-9-14)25-16-17-19(23-13-12-22-17)30-18(16)20(27)29-7-3/h8-13H,5-7H2,1-4H3,(H,24,25). The molecule has 0 saturated heterocycles. The molecule has 0 aliphatic heterocycles. The minimum Gasteiger partial charge on any atom is -0.497 e. The molecule has 0 aliphatic carbocycles. The van der Waals surface area contributed by atoms with Crippen molar-refractivity contribution in [1.82, 2.24) is 14.9 Å². The zero-order chi connectivity index (χ0) is 21.5. The Bertz CT molecular complexity index is 1030. The molecule has 158 valence electrons. The van der Waals surface area contributed by atoms with E-state index in [4.69, 9.17) is 14.5 Å². The van der Waals surface area contributed by atoms with Crippen molar-refractivity contribution in [3.05, 3.63) is 41.5 Å². The average Bonchev–Trinajstić information content (AvgIpc) is 3.14. The van der Waals surface area contributed by atoms with Gasteiger partial charge in [0.25, 0.3) is 0 Å². The van der Waals surface area contributed by atoms with E-state index in [9.17, 15) is 4.79 Å². The normalized spacial score (nSPS) is 11.4. The van der Waals surface area contributed by atoms with Gasteiger partial charge in [-0.05, 0) is 45.0 Å². The van der Waals surface area contributed by atoms with Crippen molar-refractivity contribution in [3.8, 4) is 5.75 Å². The third-order valence-corrected chi connectivity index (χ3v) is 5.45. The third-order valence-electron chi connectivity index (χ3n) is 4.39. The number of thiophene rings is 1. The van der Waals surface area contributed by atoms with Crippen molar-refractivity contribution in [2.24, 2.45) is 4.99 Å². The predicted molar refractivity (Wildman–Crippen MR) is 120 cm³/mol. The largest absolute Gasteiger partial charge is 0.497 e. The lowest BCUT2D eigenvalue weighted by atomic mass is 10.3. The number of ether oxygens (including phenoxy) is 2. The van der Waals surface area contributed by atoms with Gasteiger partial charge in [-0.3, -0.25) is 0 Å². The third kappa shape index (κ3) is 4.68. The van der Waals surface area contributed by atoms with Gasteiger partial charge in [0, 0.05) is 31.2 Å². The fraction of sp³-hybridized carbons (Fsp3) is 0.333. The summed E-state index contributed by atoms with van der Waals surface area (Å²) in [6.07, 6.45) is 3.19. The van der Waals surface area contributed by atoms with Gasteiger partial charge in [-0.25, -0.2) is 19.8 Å². The maximum atomic E-state index is 12.6. The lowest BCUT2D eigenvalue weighted by Gasteiger charge is -2.24. The molecule has 2 heterocycles. The summed E-state index contributed by atoms with van der Waals surface area (Å²) in [5.74, 6) is 0.955. The van der Waals surface area contributed by atoms with E-state index < -0.39 is 5.97 Å². The van der Waals surface area contributed by atoms with E-state index in [2.05, 4.69) is 20.2 Å². The first-order valence-corrected chi connectivity index (χ1v) is 10.6. The molecular weight excluding hydrogens is 402 g/mol. The Hall–Kier alpha value is -3.20. The maximum Gasteiger partial charge on any atom is 0.350 e. The lowest BCUT2D eigenvalue weighted by Crippen LogP contribution is -2.36. The molecule has 0 amide bonds. The number of aromatic nitrogens is 2. The summed E-state index contributed by atoms with van der Waals surface area (Å²) in [4.78, 5) is 29.2. The minimum absolute atomic E-state index is 0.282. The number of fused-ring (bicyclic) bond motifs is 1. The van der Waals surface area contributed by atoms with Crippen LogP contribution in [0.3, 0.4) is 0 Å². The van der Waals surface area contributed by atoms with Crippen LogP contribution in [0.5, 0.6) is 5.75 Å². The summed E-state index contributed by atoms with van der Waals surface area (Å²) in [5.41, 5.74) is 1.89. The van der Waals surface area contributed by atoms with Crippen LogP contribution in [-0.2, 0) is 4.74 Å². The van der Waals surface area contributed by atoms with Gasteiger partial charge in [0.15, 0.2) is 0 Å². The molecule has 0 saturated carbocycles. The number of carbonyl (C=O) groups is 1. The number of methoxy groups -OCH3 is 1. The highest BCUT2D eigenvalue weighted by molar-refractivity contribution is 7.21. The van der Waals surface area contributed by atoms with Crippen LogP contribution in [-0.4, -0.2) is 53.6 Å². The summed E-state index contributed by atoms with van der Waals surface area (Å²) in [5, 5.41) is 3.36. The van der Waals surface area contributed by atoms with Crippen LogP contribution in [0.2, 0.25) is 0 Å². The number of aliphatic imine (C=N–C) groups is 1. The zero-order valence-electron chi connectivity index (χ0n) is 17.5. The van der Waals surface area contributed by atoms with E-state index in [1.54, 1.807) is 26.4 Å². The molecule has 0 radical (unpaired) electrons. The van der Waals surface area contributed by atoms with E-state index in [0.717, 1.165) is 24.5 Å². The molecule has 0 fully saturated rings. The molecule has 0 unspecified atom stereocenters. The molecule has 1 aromatic carbocycles. The Morgan fingerprint density at radius 3 is 2.47 bits per heavy atom. The lowest BCUT2D eigenvalue weighted by molar-refractivity contribution is 0.0533. The number of hydrogen-bond donors (Lipinski definition) is 1. The molecule has 2 aromatic heterocycles. The Kier molecular flexibility index (Phi) is 7.18. The molecule has 0 bridgehead atoms. The smallest absolute Gasteiger partial charge is 0.350 e. The SMILES string of the molecule is CCOC(=O)c1sc2nccnc2c1N=C(Nc1ccc(OC)cc1)N(CC)CC. The van der Waals surface area contributed by atoms with Crippen LogP contribution >= 0.6 is 11.3 Å². The summed E-state index contributed by atoms with van der Waals surface area (Å²) in [6, 6.07) is 7.57. The molecule has 9 heteroatoms. The number of esters is 1. The number of guanidine groups is 1. The Labute approximate surface area is 179 Å². The Morgan fingerprint density at radius 1 is 1.13 bits per heavy atom. The summed E-state index contributed by atoms with van der Waals surface area (Å²) in [6.45, 7) is 7.63. The van der Waals surface area contributed by atoms with Gasteiger partial charge in [-0.2, -0.15) is 0 Å². The zero-order valence-corrected chi connectivity index (χ0v) is 18.3. The van der Waals surface area contributed by atoms with Crippen LogP contribution in [0.15, 0.2) is 41.7 Å². The molecule has 0 atom stereocenters. The second kappa shape index (κ2) is 10.0. The molecule has 8 nitrogen and oxygen atoms in total. The molecule has 30 heavy (non-hydrogen) atoms. The van der Waals surface area contributed by atoms with E-state index in [0.29, 0.717) is 26.9 Å². The first-order chi connectivity index (χ1) is 14.6. The average molecular weight is 428 g/mol. The predicted octanol–water partition coefficient (Wildman–Crippen LogP) is 4.32. The van der Waals surface area contributed by atoms with Crippen molar-refractivity contribution >= 4 is 45.0 Å².